The Hall–Kier alpha value is -0.730. The lowest BCUT2D eigenvalue weighted by Gasteiger charge is -2.37. The fourth-order valence-electron chi connectivity index (χ4n) is 2.06. The van der Waals surface area contributed by atoms with Crippen LogP contribution in [0.5, 0.6) is 0 Å². The van der Waals surface area contributed by atoms with Crippen molar-refractivity contribution in [1.29, 1.82) is 0 Å². The highest BCUT2D eigenvalue weighted by Gasteiger charge is 2.25. The van der Waals surface area contributed by atoms with Gasteiger partial charge in [0.15, 0.2) is 0 Å². The molecule has 0 radical (unpaired) electrons. The molecule has 0 aliphatic carbocycles. The zero-order chi connectivity index (χ0) is 11.4. The van der Waals surface area contributed by atoms with Crippen LogP contribution in [0.4, 0.5) is 4.79 Å². The molecule has 0 spiro atoms. The number of amides is 2. The minimum atomic E-state index is 0.239. The Balaban J connectivity index is 2.51. The Morgan fingerprint density at radius 3 is 1.73 bits per heavy atom. The Morgan fingerprint density at radius 1 is 1.00 bits per heavy atom. The summed E-state index contributed by atoms with van der Waals surface area (Å²) in [6.07, 6.45) is 1.12. The molecular formula is C12H24N2O. The van der Waals surface area contributed by atoms with Gasteiger partial charge in [-0.1, -0.05) is 27.7 Å². The van der Waals surface area contributed by atoms with Crippen LogP contribution in [-0.4, -0.2) is 42.0 Å². The van der Waals surface area contributed by atoms with Crippen molar-refractivity contribution >= 4 is 6.03 Å². The van der Waals surface area contributed by atoms with E-state index in [1.54, 1.807) is 0 Å². The van der Waals surface area contributed by atoms with Crippen LogP contribution in [0.1, 0.15) is 34.1 Å². The molecule has 1 saturated heterocycles. The molecule has 0 aromatic heterocycles. The van der Waals surface area contributed by atoms with E-state index in [-0.39, 0.29) is 6.03 Å². The van der Waals surface area contributed by atoms with E-state index in [9.17, 15) is 4.79 Å². The summed E-state index contributed by atoms with van der Waals surface area (Å²) in [6.45, 7) is 12.3. The Kier molecular flexibility index (Phi) is 4.43. The highest BCUT2D eigenvalue weighted by molar-refractivity contribution is 5.75. The van der Waals surface area contributed by atoms with E-state index in [0.717, 1.165) is 32.6 Å². The van der Waals surface area contributed by atoms with Gasteiger partial charge < -0.3 is 9.80 Å². The molecule has 2 amide bonds. The van der Waals surface area contributed by atoms with Crippen molar-refractivity contribution in [2.75, 3.05) is 26.2 Å². The van der Waals surface area contributed by atoms with Crippen LogP contribution in [0.3, 0.4) is 0 Å². The fraction of sp³-hybridized carbons (Fsp3) is 0.917. The number of hydrogen-bond acceptors (Lipinski definition) is 1. The molecule has 0 atom stereocenters. The van der Waals surface area contributed by atoms with Crippen molar-refractivity contribution in [3.05, 3.63) is 0 Å². The number of carbonyl (C=O) groups is 1. The quantitative estimate of drug-likeness (QED) is 0.702. The van der Waals surface area contributed by atoms with Crippen molar-refractivity contribution < 1.29 is 4.79 Å². The summed E-state index contributed by atoms with van der Waals surface area (Å²) >= 11 is 0. The largest absolute Gasteiger partial charge is 0.324 e. The lowest BCUT2D eigenvalue weighted by atomic mass is 10.1. The van der Waals surface area contributed by atoms with E-state index in [1.807, 2.05) is 9.80 Å². The van der Waals surface area contributed by atoms with Gasteiger partial charge in [0.25, 0.3) is 0 Å². The number of hydrogen-bond donors (Lipinski definition) is 0. The highest BCUT2D eigenvalue weighted by atomic mass is 16.2. The molecule has 1 aliphatic heterocycles. The molecule has 1 heterocycles. The zero-order valence-corrected chi connectivity index (χ0v) is 10.5. The van der Waals surface area contributed by atoms with Crippen LogP contribution in [0, 0.1) is 11.8 Å². The van der Waals surface area contributed by atoms with Crippen molar-refractivity contribution in [2.45, 2.75) is 34.1 Å². The standard InChI is InChI=1S/C12H24N2O/c1-10(2)8-13-6-5-7-14(12(13)15)9-11(3)4/h10-11H,5-9H2,1-4H3. The molecule has 1 aliphatic rings. The van der Waals surface area contributed by atoms with Gasteiger partial charge in [0.1, 0.15) is 0 Å². The molecule has 88 valence electrons. The summed E-state index contributed by atoms with van der Waals surface area (Å²) < 4.78 is 0. The van der Waals surface area contributed by atoms with Gasteiger partial charge in [-0.3, -0.25) is 0 Å². The summed E-state index contributed by atoms with van der Waals surface area (Å²) in [5.74, 6) is 1.13. The lowest BCUT2D eigenvalue weighted by molar-refractivity contribution is 0.118. The molecular weight excluding hydrogens is 188 g/mol. The van der Waals surface area contributed by atoms with E-state index in [2.05, 4.69) is 27.7 Å². The summed E-state index contributed by atoms with van der Waals surface area (Å²) in [5, 5.41) is 0. The van der Waals surface area contributed by atoms with Gasteiger partial charge >= 0.3 is 6.03 Å². The smallest absolute Gasteiger partial charge is 0.320 e. The van der Waals surface area contributed by atoms with E-state index in [0.29, 0.717) is 11.8 Å². The first-order valence-corrected chi connectivity index (χ1v) is 6.04. The SMILES string of the molecule is CC(C)CN1CCCN(CC(C)C)C1=O. The normalized spacial score (nSPS) is 18.1. The molecule has 3 heteroatoms. The third-order valence-corrected chi connectivity index (χ3v) is 2.57. The van der Waals surface area contributed by atoms with Gasteiger partial charge in [-0.05, 0) is 18.3 Å². The number of urea groups is 1. The van der Waals surface area contributed by atoms with Crippen molar-refractivity contribution in [3.8, 4) is 0 Å². The first-order chi connectivity index (χ1) is 7.00. The number of rotatable bonds is 4. The predicted molar refractivity (Wildman–Crippen MR) is 62.8 cm³/mol. The summed E-state index contributed by atoms with van der Waals surface area (Å²) in [4.78, 5) is 16.0. The van der Waals surface area contributed by atoms with Crippen LogP contribution in [0.25, 0.3) is 0 Å². The number of nitrogens with zero attached hydrogens (tertiary/aromatic N) is 2. The van der Waals surface area contributed by atoms with Gasteiger partial charge in [-0.25, -0.2) is 4.79 Å². The van der Waals surface area contributed by atoms with Crippen molar-refractivity contribution in [3.63, 3.8) is 0 Å². The molecule has 0 aromatic rings. The summed E-state index contributed by atoms with van der Waals surface area (Å²) in [6, 6.07) is 0.239. The minimum Gasteiger partial charge on any atom is -0.324 e. The van der Waals surface area contributed by atoms with Gasteiger partial charge in [-0.15, -0.1) is 0 Å². The third-order valence-electron chi connectivity index (χ3n) is 2.57. The first-order valence-electron chi connectivity index (χ1n) is 6.04. The molecule has 1 rings (SSSR count). The molecule has 0 saturated carbocycles. The lowest BCUT2D eigenvalue weighted by Crippen LogP contribution is -2.51. The van der Waals surface area contributed by atoms with Crippen molar-refractivity contribution in [1.82, 2.24) is 9.80 Å². The Labute approximate surface area is 93.4 Å². The topological polar surface area (TPSA) is 23.6 Å². The van der Waals surface area contributed by atoms with Gasteiger partial charge in [-0.2, -0.15) is 0 Å². The fourth-order valence-corrected chi connectivity index (χ4v) is 2.06. The first kappa shape index (κ1) is 12.3. The minimum absolute atomic E-state index is 0.239. The summed E-state index contributed by atoms with van der Waals surface area (Å²) in [7, 11) is 0. The molecule has 1 fully saturated rings. The monoisotopic (exact) mass is 212 g/mol. The van der Waals surface area contributed by atoms with E-state index in [4.69, 9.17) is 0 Å². The molecule has 0 bridgehead atoms. The van der Waals surface area contributed by atoms with E-state index in [1.165, 1.54) is 0 Å². The average Bonchev–Trinajstić information content (AvgIpc) is 2.10. The van der Waals surface area contributed by atoms with Crippen LogP contribution in [0.2, 0.25) is 0 Å². The van der Waals surface area contributed by atoms with Crippen molar-refractivity contribution in [2.24, 2.45) is 11.8 Å². The molecule has 0 N–H and O–H groups in total. The van der Waals surface area contributed by atoms with Crippen LogP contribution in [0.15, 0.2) is 0 Å². The molecule has 0 unspecified atom stereocenters. The van der Waals surface area contributed by atoms with E-state index < -0.39 is 0 Å². The van der Waals surface area contributed by atoms with Crippen LogP contribution in [-0.2, 0) is 0 Å². The second kappa shape index (κ2) is 5.38. The Bertz CT molecular complexity index is 194. The maximum absolute atomic E-state index is 12.0. The molecule has 0 aromatic carbocycles. The predicted octanol–water partition coefficient (Wildman–Crippen LogP) is 2.43. The average molecular weight is 212 g/mol. The maximum Gasteiger partial charge on any atom is 0.320 e. The zero-order valence-electron chi connectivity index (χ0n) is 10.5. The second-order valence-electron chi connectivity index (χ2n) is 5.32. The maximum atomic E-state index is 12.0. The van der Waals surface area contributed by atoms with Crippen LogP contribution < -0.4 is 0 Å². The van der Waals surface area contributed by atoms with Gasteiger partial charge in [0, 0.05) is 26.2 Å². The number of carbonyl (C=O) groups excluding carboxylic acids is 1. The van der Waals surface area contributed by atoms with E-state index >= 15 is 0 Å². The summed E-state index contributed by atoms with van der Waals surface area (Å²) in [5.41, 5.74) is 0. The highest BCUT2D eigenvalue weighted by Crippen LogP contribution is 2.13. The van der Waals surface area contributed by atoms with Crippen LogP contribution >= 0.6 is 0 Å². The van der Waals surface area contributed by atoms with Gasteiger partial charge in [0.2, 0.25) is 0 Å². The third kappa shape index (κ3) is 3.73. The Morgan fingerprint density at radius 2 is 1.40 bits per heavy atom. The molecule has 3 nitrogen and oxygen atoms in total. The van der Waals surface area contributed by atoms with Gasteiger partial charge in [0.05, 0.1) is 0 Å². The second-order valence-corrected chi connectivity index (χ2v) is 5.32. The molecule has 15 heavy (non-hydrogen) atoms.